The zero-order chi connectivity index (χ0) is 13.9. The summed E-state index contributed by atoms with van der Waals surface area (Å²) >= 11 is 1.65. The van der Waals surface area contributed by atoms with Crippen molar-refractivity contribution in [2.24, 2.45) is 0 Å². The Hall–Kier alpha value is -1.85. The number of benzene rings is 1. The first-order valence-electron chi connectivity index (χ1n) is 6.50. The van der Waals surface area contributed by atoms with Crippen molar-refractivity contribution >= 4 is 22.9 Å². The standard InChI is InChI=1S/C15H16N2O2S/c1-19-9-8-17-14(13-7-4-10-20-13)16-12-6-3-2-5-11(12)15(17)18/h2-7,10,14,16H,8-9H2,1H3. The molecule has 5 heteroatoms. The molecule has 20 heavy (non-hydrogen) atoms. The summed E-state index contributed by atoms with van der Waals surface area (Å²) in [4.78, 5) is 15.6. The number of amides is 1. The van der Waals surface area contributed by atoms with Gasteiger partial charge in [-0.2, -0.15) is 0 Å². The molecule has 0 radical (unpaired) electrons. The lowest BCUT2D eigenvalue weighted by molar-refractivity contribution is 0.0613. The van der Waals surface area contributed by atoms with Crippen molar-refractivity contribution in [2.45, 2.75) is 6.17 Å². The molecular weight excluding hydrogens is 272 g/mol. The molecule has 1 N–H and O–H groups in total. The van der Waals surface area contributed by atoms with Gasteiger partial charge in [0.25, 0.3) is 5.91 Å². The number of thiophene rings is 1. The van der Waals surface area contributed by atoms with E-state index < -0.39 is 0 Å². The van der Waals surface area contributed by atoms with Crippen LogP contribution in [0, 0.1) is 0 Å². The van der Waals surface area contributed by atoms with Crippen molar-refractivity contribution < 1.29 is 9.53 Å². The first-order chi connectivity index (χ1) is 9.81. The van der Waals surface area contributed by atoms with E-state index in [2.05, 4.69) is 5.32 Å². The molecule has 1 unspecified atom stereocenters. The molecule has 0 spiro atoms. The summed E-state index contributed by atoms with van der Waals surface area (Å²) in [5.74, 6) is 0.0507. The third kappa shape index (κ3) is 2.30. The van der Waals surface area contributed by atoms with E-state index in [-0.39, 0.29) is 12.1 Å². The molecule has 2 heterocycles. The summed E-state index contributed by atoms with van der Waals surface area (Å²) in [6, 6.07) is 11.7. The number of ether oxygens (including phenoxy) is 1. The van der Waals surface area contributed by atoms with Crippen LogP contribution in [0.15, 0.2) is 41.8 Å². The van der Waals surface area contributed by atoms with Gasteiger partial charge in [0, 0.05) is 24.2 Å². The van der Waals surface area contributed by atoms with Crippen molar-refractivity contribution in [3.05, 3.63) is 52.2 Å². The van der Waals surface area contributed by atoms with Crippen LogP contribution in [0.5, 0.6) is 0 Å². The number of carbonyl (C=O) groups excluding carboxylic acids is 1. The van der Waals surface area contributed by atoms with Crippen LogP contribution in [0.25, 0.3) is 0 Å². The van der Waals surface area contributed by atoms with E-state index in [9.17, 15) is 4.79 Å². The van der Waals surface area contributed by atoms with Crippen LogP contribution in [-0.4, -0.2) is 31.1 Å². The molecule has 0 bridgehead atoms. The van der Waals surface area contributed by atoms with Crippen LogP contribution in [-0.2, 0) is 4.74 Å². The molecule has 0 saturated heterocycles. The SMILES string of the molecule is COCCN1C(=O)c2ccccc2NC1c1cccs1. The van der Waals surface area contributed by atoms with Gasteiger partial charge in [-0.05, 0) is 23.6 Å². The van der Waals surface area contributed by atoms with E-state index in [0.29, 0.717) is 13.2 Å². The first kappa shape index (κ1) is 13.1. The quantitative estimate of drug-likeness (QED) is 0.940. The fourth-order valence-electron chi connectivity index (χ4n) is 2.38. The highest BCUT2D eigenvalue weighted by atomic mass is 32.1. The Labute approximate surface area is 122 Å². The maximum atomic E-state index is 12.7. The van der Waals surface area contributed by atoms with Gasteiger partial charge >= 0.3 is 0 Å². The summed E-state index contributed by atoms with van der Waals surface area (Å²) in [6.45, 7) is 1.09. The third-order valence-electron chi connectivity index (χ3n) is 3.37. The third-order valence-corrected chi connectivity index (χ3v) is 4.30. The number of fused-ring (bicyclic) bond motifs is 1. The molecule has 0 fully saturated rings. The highest BCUT2D eigenvalue weighted by Crippen LogP contribution is 2.34. The van der Waals surface area contributed by atoms with Gasteiger partial charge in [0.05, 0.1) is 12.2 Å². The van der Waals surface area contributed by atoms with E-state index in [1.54, 1.807) is 18.4 Å². The first-order valence-corrected chi connectivity index (χ1v) is 7.38. The Kier molecular flexibility index (Phi) is 3.71. The molecular formula is C15H16N2O2S. The van der Waals surface area contributed by atoms with Crippen molar-refractivity contribution in [1.82, 2.24) is 4.90 Å². The normalized spacial score (nSPS) is 17.8. The maximum absolute atomic E-state index is 12.7. The van der Waals surface area contributed by atoms with Crippen LogP contribution in [0.3, 0.4) is 0 Å². The minimum absolute atomic E-state index is 0.0507. The second-order valence-electron chi connectivity index (χ2n) is 4.60. The van der Waals surface area contributed by atoms with Crippen LogP contribution in [0.1, 0.15) is 21.4 Å². The second kappa shape index (κ2) is 5.64. The van der Waals surface area contributed by atoms with Crippen LogP contribution in [0.4, 0.5) is 5.69 Å². The molecule has 1 amide bonds. The Morgan fingerprint density at radius 3 is 2.90 bits per heavy atom. The number of rotatable bonds is 4. The minimum atomic E-state index is -0.118. The predicted octanol–water partition coefficient (Wildman–Crippen LogP) is 2.96. The zero-order valence-corrected chi connectivity index (χ0v) is 12.0. The number of hydrogen-bond donors (Lipinski definition) is 1. The molecule has 1 aliphatic heterocycles. The largest absolute Gasteiger partial charge is 0.383 e. The van der Waals surface area contributed by atoms with E-state index in [1.165, 1.54) is 0 Å². The van der Waals surface area contributed by atoms with E-state index in [1.807, 2.05) is 46.7 Å². The zero-order valence-electron chi connectivity index (χ0n) is 11.2. The second-order valence-corrected chi connectivity index (χ2v) is 5.58. The predicted molar refractivity (Wildman–Crippen MR) is 80.0 cm³/mol. The maximum Gasteiger partial charge on any atom is 0.257 e. The van der Waals surface area contributed by atoms with Crippen LogP contribution in [0.2, 0.25) is 0 Å². The molecule has 0 aliphatic carbocycles. The fraction of sp³-hybridized carbons (Fsp3) is 0.267. The molecule has 1 atom stereocenters. The highest BCUT2D eigenvalue weighted by Gasteiger charge is 2.32. The molecule has 104 valence electrons. The molecule has 2 aromatic rings. The number of para-hydroxylation sites is 1. The lowest BCUT2D eigenvalue weighted by atomic mass is 10.1. The number of carbonyl (C=O) groups is 1. The number of nitrogens with one attached hydrogen (secondary N) is 1. The van der Waals surface area contributed by atoms with Gasteiger partial charge in [-0.15, -0.1) is 11.3 Å². The summed E-state index contributed by atoms with van der Waals surface area (Å²) < 4.78 is 5.13. The summed E-state index contributed by atoms with van der Waals surface area (Å²) in [5, 5.41) is 5.47. The Morgan fingerprint density at radius 2 is 2.15 bits per heavy atom. The van der Waals surface area contributed by atoms with E-state index in [0.717, 1.165) is 16.1 Å². The topological polar surface area (TPSA) is 41.6 Å². The molecule has 4 nitrogen and oxygen atoms in total. The van der Waals surface area contributed by atoms with E-state index >= 15 is 0 Å². The van der Waals surface area contributed by atoms with E-state index in [4.69, 9.17) is 4.74 Å². The summed E-state index contributed by atoms with van der Waals surface area (Å²) in [6.07, 6.45) is -0.118. The van der Waals surface area contributed by atoms with Crippen LogP contribution < -0.4 is 5.32 Å². The Morgan fingerprint density at radius 1 is 1.30 bits per heavy atom. The average molecular weight is 288 g/mol. The molecule has 3 rings (SSSR count). The Bertz CT molecular complexity index is 598. The van der Waals surface area contributed by atoms with Gasteiger partial charge in [-0.25, -0.2) is 0 Å². The Balaban J connectivity index is 1.98. The number of hydrogen-bond acceptors (Lipinski definition) is 4. The molecule has 0 saturated carbocycles. The summed E-state index contributed by atoms with van der Waals surface area (Å²) in [7, 11) is 1.65. The van der Waals surface area contributed by atoms with Crippen molar-refractivity contribution in [3.8, 4) is 0 Å². The highest BCUT2D eigenvalue weighted by molar-refractivity contribution is 7.10. The summed E-state index contributed by atoms with van der Waals surface area (Å²) in [5.41, 5.74) is 1.61. The monoisotopic (exact) mass is 288 g/mol. The lowest BCUT2D eigenvalue weighted by Gasteiger charge is -2.37. The average Bonchev–Trinajstić information content (AvgIpc) is 3.00. The number of anilines is 1. The molecule has 1 aromatic carbocycles. The van der Waals surface area contributed by atoms with Gasteiger partial charge < -0.3 is 15.0 Å². The van der Waals surface area contributed by atoms with Gasteiger partial charge in [0.2, 0.25) is 0 Å². The lowest BCUT2D eigenvalue weighted by Crippen LogP contribution is -2.44. The van der Waals surface area contributed by atoms with Crippen molar-refractivity contribution in [3.63, 3.8) is 0 Å². The fourth-order valence-corrected chi connectivity index (χ4v) is 3.17. The van der Waals surface area contributed by atoms with Gasteiger partial charge in [-0.3, -0.25) is 4.79 Å². The molecule has 1 aliphatic rings. The van der Waals surface area contributed by atoms with Gasteiger partial charge in [0.1, 0.15) is 6.17 Å². The van der Waals surface area contributed by atoms with Gasteiger partial charge in [-0.1, -0.05) is 18.2 Å². The van der Waals surface area contributed by atoms with Crippen molar-refractivity contribution in [2.75, 3.05) is 25.6 Å². The molecule has 1 aromatic heterocycles. The number of methoxy groups -OCH3 is 1. The van der Waals surface area contributed by atoms with Gasteiger partial charge in [0.15, 0.2) is 0 Å². The smallest absolute Gasteiger partial charge is 0.257 e. The van der Waals surface area contributed by atoms with Crippen molar-refractivity contribution in [1.29, 1.82) is 0 Å². The minimum Gasteiger partial charge on any atom is -0.383 e. The number of nitrogens with zero attached hydrogens (tertiary/aromatic N) is 1. The van der Waals surface area contributed by atoms with Crippen LogP contribution >= 0.6 is 11.3 Å².